The molecule has 2 aliphatic rings. The van der Waals surface area contributed by atoms with Crippen molar-refractivity contribution in [2.45, 2.75) is 25.9 Å². The van der Waals surface area contributed by atoms with Crippen molar-refractivity contribution < 1.29 is 9.53 Å². The number of fused-ring (bicyclic) bond motifs is 1. The van der Waals surface area contributed by atoms with Gasteiger partial charge in [0.05, 0.1) is 17.7 Å². The predicted molar refractivity (Wildman–Crippen MR) is 76.0 cm³/mol. The second kappa shape index (κ2) is 5.17. The molecule has 1 amide bonds. The average molecular weight is 257 g/mol. The lowest BCUT2D eigenvalue weighted by Crippen LogP contribution is -2.39. The van der Waals surface area contributed by atoms with Crippen molar-refractivity contribution >= 4 is 17.7 Å². The maximum atomic E-state index is 12.7. The number of rotatable bonds is 1. The van der Waals surface area contributed by atoms with Crippen molar-refractivity contribution in [3.8, 4) is 0 Å². The first-order valence-electron chi connectivity index (χ1n) is 6.96. The van der Waals surface area contributed by atoms with Gasteiger partial charge in [0.25, 0.3) is 0 Å². The molecule has 0 N–H and O–H groups in total. The molecule has 0 aromatic heterocycles. The van der Waals surface area contributed by atoms with Crippen LogP contribution in [0.15, 0.2) is 30.3 Å². The molecule has 0 bridgehead atoms. The summed E-state index contributed by atoms with van der Waals surface area (Å²) in [5.74, 6) is 0.215. The SMILES string of the molecule is C[C@H]1OCC[C@@H]1C(=O)N1CCC=Cc2ccccc21. The van der Waals surface area contributed by atoms with Gasteiger partial charge < -0.3 is 9.64 Å². The Morgan fingerprint density at radius 1 is 1.37 bits per heavy atom. The van der Waals surface area contributed by atoms with E-state index >= 15 is 0 Å². The maximum absolute atomic E-state index is 12.7. The van der Waals surface area contributed by atoms with Crippen LogP contribution in [0.25, 0.3) is 6.08 Å². The van der Waals surface area contributed by atoms with Gasteiger partial charge in [-0.2, -0.15) is 0 Å². The molecular weight excluding hydrogens is 238 g/mol. The van der Waals surface area contributed by atoms with E-state index < -0.39 is 0 Å². The van der Waals surface area contributed by atoms with Crippen LogP contribution >= 0.6 is 0 Å². The Kier molecular flexibility index (Phi) is 3.38. The molecule has 3 heteroatoms. The molecule has 19 heavy (non-hydrogen) atoms. The Morgan fingerprint density at radius 2 is 2.21 bits per heavy atom. The lowest BCUT2D eigenvalue weighted by atomic mass is 10.00. The lowest BCUT2D eigenvalue weighted by Gasteiger charge is -2.27. The van der Waals surface area contributed by atoms with Gasteiger partial charge in [0, 0.05) is 13.2 Å². The van der Waals surface area contributed by atoms with E-state index in [0.717, 1.165) is 30.6 Å². The summed E-state index contributed by atoms with van der Waals surface area (Å²) < 4.78 is 5.53. The minimum absolute atomic E-state index is 0.00570. The fourth-order valence-corrected chi connectivity index (χ4v) is 2.89. The van der Waals surface area contributed by atoms with E-state index in [9.17, 15) is 4.79 Å². The van der Waals surface area contributed by atoms with E-state index in [1.807, 2.05) is 30.0 Å². The molecule has 3 rings (SSSR count). The third-order valence-corrected chi connectivity index (χ3v) is 4.00. The Labute approximate surface area is 113 Å². The molecule has 0 radical (unpaired) electrons. The van der Waals surface area contributed by atoms with Crippen molar-refractivity contribution in [1.82, 2.24) is 0 Å². The zero-order chi connectivity index (χ0) is 13.2. The van der Waals surface area contributed by atoms with Gasteiger partial charge in [-0.1, -0.05) is 30.4 Å². The summed E-state index contributed by atoms with van der Waals surface area (Å²) in [5, 5.41) is 0. The van der Waals surface area contributed by atoms with Crippen molar-refractivity contribution in [3.05, 3.63) is 35.9 Å². The summed E-state index contributed by atoms with van der Waals surface area (Å²) in [4.78, 5) is 14.7. The minimum Gasteiger partial charge on any atom is -0.378 e. The highest BCUT2D eigenvalue weighted by molar-refractivity contribution is 5.97. The Bertz CT molecular complexity index is 509. The fraction of sp³-hybridized carbons (Fsp3) is 0.438. The molecule has 3 nitrogen and oxygen atoms in total. The first-order valence-corrected chi connectivity index (χ1v) is 6.96. The number of hydrogen-bond acceptors (Lipinski definition) is 2. The summed E-state index contributed by atoms with van der Waals surface area (Å²) in [5.41, 5.74) is 2.15. The lowest BCUT2D eigenvalue weighted by molar-refractivity contribution is -0.123. The number of nitrogens with zero attached hydrogens (tertiary/aromatic N) is 1. The van der Waals surface area contributed by atoms with Crippen molar-refractivity contribution in [2.75, 3.05) is 18.1 Å². The number of carbonyl (C=O) groups is 1. The number of carbonyl (C=O) groups excluding carboxylic acids is 1. The van der Waals surface area contributed by atoms with Gasteiger partial charge in [0.1, 0.15) is 0 Å². The summed E-state index contributed by atoms with van der Waals surface area (Å²) in [6, 6.07) is 8.10. The van der Waals surface area contributed by atoms with Crippen molar-refractivity contribution in [2.24, 2.45) is 5.92 Å². The Hall–Kier alpha value is -1.61. The first kappa shape index (κ1) is 12.4. The molecule has 2 heterocycles. The monoisotopic (exact) mass is 257 g/mol. The summed E-state index contributed by atoms with van der Waals surface area (Å²) in [6.07, 6.45) is 6.03. The average Bonchev–Trinajstić information content (AvgIpc) is 2.74. The van der Waals surface area contributed by atoms with Crippen molar-refractivity contribution in [1.29, 1.82) is 0 Å². The molecule has 1 aromatic carbocycles. The van der Waals surface area contributed by atoms with Crippen LogP contribution in [0.4, 0.5) is 5.69 Å². The largest absolute Gasteiger partial charge is 0.378 e. The zero-order valence-electron chi connectivity index (χ0n) is 11.2. The number of amides is 1. The molecule has 2 atom stereocenters. The van der Waals surface area contributed by atoms with Gasteiger partial charge in [-0.05, 0) is 31.4 Å². The molecule has 0 spiro atoms. The molecule has 1 saturated heterocycles. The normalized spacial score (nSPS) is 26.1. The van der Waals surface area contributed by atoms with Crippen LogP contribution in [-0.4, -0.2) is 25.2 Å². The van der Waals surface area contributed by atoms with Gasteiger partial charge in [-0.15, -0.1) is 0 Å². The number of para-hydroxylation sites is 1. The number of hydrogen-bond donors (Lipinski definition) is 0. The molecular formula is C16H19NO2. The number of anilines is 1. The molecule has 1 aromatic rings. The van der Waals surface area contributed by atoms with Gasteiger partial charge in [0.2, 0.25) is 5.91 Å². The third kappa shape index (κ3) is 2.30. The highest BCUT2D eigenvalue weighted by atomic mass is 16.5. The van der Waals surface area contributed by atoms with Crippen LogP contribution in [0, 0.1) is 5.92 Å². The minimum atomic E-state index is 0.00570. The molecule has 100 valence electrons. The third-order valence-electron chi connectivity index (χ3n) is 4.00. The van der Waals surface area contributed by atoms with Gasteiger partial charge in [-0.3, -0.25) is 4.79 Å². The second-order valence-corrected chi connectivity index (χ2v) is 5.21. The van der Waals surface area contributed by atoms with E-state index in [4.69, 9.17) is 4.74 Å². The standard InChI is InChI=1S/C16H19NO2/c1-12-14(9-11-19-12)16(18)17-10-5-4-7-13-6-2-3-8-15(13)17/h2-4,6-8,12,14H,5,9-11H2,1H3/t12-,14+/m1/s1. The topological polar surface area (TPSA) is 29.5 Å². The quantitative estimate of drug-likeness (QED) is 0.774. The predicted octanol–water partition coefficient (Wildman–Crippen LogP) is 2.86. The fourth-order valence-electron chi connectivity index (χ4n) is 2.89. The first-order chi connectivity index (χ1) is 9.27. The molecule has 0 aliphatic carbocycles. The van der Waals surface area contributed by atoms with Gasteiger partial charge >= 0.3 is 0 Å². The van der Waals surface area contributed by atoms with Gasteiger partial charge in [-0.25, -0.2) is 0 Å². The van der Waals surface area contributed by atoms with Crippen LogP contribution in [0.1, 0.15) is 25.3 Å². The van der Waals surface area contributed by atoms with Crippen molar-refractivity contribution in [3.63, 3.8) is 0 Å². The number of ether oxygens (including phenoxy) is 1. The summed E-state index contributed by atoms with van der Waals surface area (Å²) in [6.45, 7) is 3.46. The van der Waals surface area contributed by atoms with Crippen LogP contribution in [0.3, 0.4) is 0 Å². The van der Waals surface area contributed by atoms with E-state index in [1.54, 1.807) is 0 Å². The zero-order valence-corrected chi connectivity index (χ0v) is 11.2. The van der Waals surface area contributed by atoms with Crippen LogP contribution in [0.2, 0.25) is 0 Å². The smallest absolute Gasteiger partial charge is 0.232 e. The van der Waals surface area contributed by atoms with E-state index in [1.165, 1.54) is 0 Å². The molecule has 0 unspecified atom stereocenters. The molecule has 2 aliphatic heterocycles. The highest BCUT2D eigenvalue weighted by Crippen LogP contribution is 2.30. The Morgan fingerprint density at radius 3 is 3.00 bits per heavy atom. The number of benzene rings is 1. The van der Waals surface area contributed by atoms with Crippen LogP contribution in [0.5, 0.6) is 0 Å². The summed E-state index contributed by atoms with van der Waals surface area (Å²) >= 11 is 0. The van der Waals surface area contributed by atoms with E-state index in [0.29, 0.717) is 6.61 Å². The summed E-state index contributed by atoms with van der Waals surface area (Å²) in [7, 11) is 0. The van der Waals surface area contributed by atoms with Crippen LogP contribution < -0.4 is 4.90 Å². The highest BCUT2D eigenvalue weighted by Gasteiger charge is 2.34. The van der Waals surface area contributed by atoms with Crippen LogP contribution in [-0.2, 0) is 9.53 Å². The molecule has 1 fully saturated rings. The van der Waals surface area contributed by atoms with E-state index in [2.05, 4.69) is 18.2 Å². The van der Waals surface area contributed by atoms with E-state index in [-0.39, 0.29) is 17.9 Å². The molecule has 0 saturated carbocycles. The maximum Gasteiger partial charge on any atom is 0.232 e. The second-order valence-electron chi connectivity index (χ2n) is 5.21. The van der Waals surface area contributed by atoms with Gasteiger partial charge in [0.15, 0.2) is 0 Å². The Balaban J connectivity index is 1.91.